The van der Waals surface area contributed by atoms with Gasteiger partial charge in [-0.1, -0.05) is 11.6 Å². The Morgan fingerprint density at radius 1 is 1.65 bits per heavy atom. The lowest BCUT2D eigenvalue weighted by Crippen LogP contribution is -2.24. The highest BCUT2D eigenvalue weighted by Crippen LogP contribution is 2.22. The summed E-state index contributed by atoms with van der Waals surface area (Å²) in [5.74, 6) is -1.57. The number of pyridine rings is 1. The number of methoxy groups -OCH3 is 1. The zero-order valence-corrected chi connectivity index (χ0v) is 9.69. The topological polar surface area (TPSA) is 79.7 Å². The first kappa shape index (κ1) is 13.8. The Labute approximate surface area is 102 Å². The number of aliphatic hydroxyl groups excluding tert-OH is 2. The van der Waals surface area contributed by atoms with E-state index in [1.165, 1.54) is 0 Å². The molecule has 1 aromatic heterocycles. The number of hydrogen-bond acceptors (Lipinski definition) is 5. The van der Waals surface area contributed by atoms with E-state index in [9.17, 15) is 19.4 Å². The first-order chi connectivity index (χ1) is 7.95. The van der Waals surface area contributed by atoms with E-state index in [4.69, 9.17) is 11.6 Å². The van der Waals surface area contributed by atoms with E-state index < -0.39 is 30.4 Å². The molecule has 2 N–H and O–H groups in total. The zero-order valence-electron chi connectivity index (χ0n) is 8.93. The number of rotatable bonds is 4. The normalized spacial score (nSPS) is 14.2. The van der Waals surface area contributed by atoms with Crippen LogP contribution in [0.2, 0.25) is 5.02 Å². The van der Waals surface area contributed by atoms with Crippen LogP contribution in [0.4, 0.5) is 4.39 Å². The molecule has 0 saturated carbocycles. The van der Waals surface area contributed by atoms with E-state index in [-0.39, 0.29) is 10.7 Å². The molecule has 0 amide bonds. The van der Waals surface area contributed by atoms with Crippen LogP contribution in [0.1, 0.15) is 18.2 Å². The predicted molar refractivity (Wildman–Crippen MR) is 56.8 cm³/mol. The van der Waals surface area contributed by atoms with Crippen LogP contribution in [0.3, 0.4) is 0 Å². The largest absolute Gasteiger partial charge is 0.469 e. The van der Waals surface area contributed by atoms with Gasteiger partial charge in [0.15, 0.2) is 0 Å². The van der Waals surface area contributed by atoms with Crippen molar-refractivity contribution in [1.82, 2.24) is 4.98 Å². The number of nitrogens with zero attached hydrogens (tertiary/aromatic N) is 1. The molecule has 0 radical (unpaired) electrons. The molecular formula is C10H11ClFNO4. The number of hydrogen-bond donors (Lipinski definition) is 2. The molecule has 0 saturated heterocycles. The van der Waals surface area contributed by atoms with Crippen molar-refractivity contribution in [3.63, 3.8) is 0 Å². The van der Waals surface area contributed by atoms with Gasteiger partial charge in [-0.15, -0.1) is 0 Å². The highest BCUT2D eigenvalue weighted by Gasteiger charge is 2.25. The maximum Gasteiger partial charge on any atom is 0.308 e. The van der Waals surface area contributed by atoms with Gasteiger partial charge in [-0.3, -0.25) is 9.78 Å². The Morgan fingerprint density at radius 2 is 2.29 bits per heavy atom. The molecule has 0 aromatic carbocycles. The molecule has 5 nitrogen and oxygen atoms in total. The maximum atomic E-state index is 13.3. The SMILES string of the molecule is COC(=O)CC(O)C(O)c1ncc(Cl)cc1F. The molecule has 2 atom stereocenters. The third kappa shape index (κ3) is 3.62. The second-order valence-corrected chi connectivity index (χ2v) is 3.75. The van der Waals surface area contributed by atoms with Crippen LogP contribution in [-0.4, -0.2) is 34.4 Å². The molecule has 7 heteroatoms. The highest BCUT2D eigenvalue weighted by molar-refractivity contribution is 6.30. The summed E-state index contributed by atoms with van der Waals surface area (Å²) < 4.78 is 17.7. The number of aliphatic hydroxyl groups is 2. The lowest BCUT2D eigenvalue weighted by atomic mass is 10.1. The lowest BCUT2D eigenvalue weighted by Gasteiger charge is -2.16. The third-order valence-corrected chi connectivity index (χ3v) is 2.29. The smallest absolute Gasteiger partial charge is 0.308 e. The molecule has 0 spiro atoms. The van der Waals surface area contributed by atoms with Gasteiger partial charge in [-0.25, -0.2) is 4.39 Å². The summed E-state index contributed by atoms with van der Waals surface area (Å²) in [5, 5.41) is 19.1. The quantitative estimate of drug-likeness (QED) is 0.787. The summed E-state index contributed by atoms with van der Waals surface area (Å²) in [5.41, 5.74) is -0.370. The molecule has 17 heavy (non-hydrogen) atoms. The summed E-state index contributed by atoms with van der Waals surface area (Å²) in [6, 6.07) is 0.956. The van der Waals surface area contributed by atoms with E-state index in [0.717, 1.165) is 19.4 Å². The molecule has 0 aliphatic rings. The van der Waals surface area contributed by atoms with Gasteiger partial charge in [0, 0.05) is 6.20 Å². The summed E-state index contributed by atoms with van der Waals surface area (Å²) in [6.45, 7) is 0. The van der Waals surface area contributed by atoms with E-state index in [2.05, 4.69) is 9.72 Å². The number of carbonyl (C=O) groups is 1. The first-order valence-corrected chi connectivity index (χ1v) is 5.07. The summed E-state index contributed by atoms with van der Waals surface area (Å²) in [7, 11) is 1.14. The van der Waals surface area contributed by atoms with Gasteiger partial charge in [-0.2, -0.15) is 0 Å². The number of carbonyl (C=O) groups excluding carboxylic acids is 1. The number of esters is 1. The van der Waals surface area contributed by atoms with Crippen LogP contribution in [0.5, 0.6) is 0 Å². The highest BCUT2D eigenvalue weighted by atomic mass is 35.5. The van der Waals surface area contributed by atoms with Gasteiger partial charge >= 0.3 is 5.97 Å². The van der Waals surface area contributed by atoms with Gasteiger partial charge < -0.3 is 14.9 Å². The van der Waals surface area contributed by atoms with Crippen LogP contribution in [-0.2, 0) is 9.53 Å². The average Bonchev–Trinajstić information content (AvgIpc) is 2.28. The standard InChI is InChI=1S/C10H11ClFNO4/c1-17-8(15)3-7(14)10(16)9-6(12)2-5(11)4-13-9/h2,4,7,10,14,16H,3H2,1H3. The first-order valence-electron chi connectivity index (χ1n) is 4.69. The van der Waals surface area contributed by atoms with E-state index in [0.29, 0.717) is 0 Å². The summed E-state index contributed by atoms with van der Waals surface area (Å²) >= 11 is 5.49. The Hall–Kier alpha value is -1.24. The van der Waals surface area contributed by atoms with Crippen LogP contribution in [0.25, 0.3) is 0 Å². The van der Waals surface area contributed by atoms with Gasteiger partial charge in [0.1, 0.15) is 17.6 Å². The molecule has 0 aliphatic carbocycles. The van der Waals surface area contributed by atoms with Gasteiger partial charge in [0.2, 0.25) is 0 Å². The van der Waals surface area contributed by atoms with Gasteiger partial charge in [0.25, 0.3) is 0 Å². The minimum absolute atomic E-state index is 0.0703. The molecule has 1 aromatic rings. The fourth-order valence-corrected chi connectivity index (χ4v) is 1.34. The third-order valence-electron chi connectivity index (χ3n) is 2.08. The van der Waals surface area contributed by atoms with Crippen molar-refractivity contribution in [2.24, 2.45) is 0 Å². The Kier molecular flexibility index (Phi) is 4.80. The van der Waals surface area contributed by atoms with Gasteiger partial charge in [0.05, 0.1) is 24.7 Å². The summed E-state index contributed by atoms with van der Waals surface area (Å²) in [4.78, 5) is 14.4. The van der Waals surface area contributed by atoms with Crippen molar-refractivity contribution < 1.29 is 24.1 Å². The van der Waals surface area contributed by atoms with Crippen molar-refractivity contribution in [3.05, 3.63) is 28.8 Å². The van der Waals surface area contributed by atoms with Crippen LogP contribution < -0.4 is 0 Å². The van der Waals surface area contributed by atoms with Crippen molar-refractivity contribution >= 4 is 17.6 Å². The van der Waals surface area contributed by atoms with Crippen molar-refractivity contribution in [1.29, 1.82) is 0 Å². The minimum Gasteiger partial charge on any atom is -0.469 e. The fraction of sp³-hybridized carbons (Fsp3) is 0.400. The molecule has 0 bridgehead atoms. The Bertz CT molecular complexity index is 415. The second kappa shape index (κ2) is 5.90. The van der Waals surface area contributed by atoms with Crippen LogP contribution in [0.15, 0.2) is 12.3 Å². The Balaban J connectivity index is 2.81. The van der Waals surface area contributed by atoms with E-state index in [1.54, 1.807) is 0 Å². The second-order valence-electron chi connectivity index (χ2n) is 3.31. The Morgan fingerprint density at radius 3 is 2.82 bits per heavy atom. The lowest BCUT2D eigenvalue weighted by molar-refractivity contribution is -0.144. The van der Waals surface area contributed by atoms with Crippen molar-refractivity contribution in [2.75, 3.05) is 7.11 Å². The molecule has 1 heterocycles. The number of ether oxygens (including phenoxy) is 1. The average molecular weight is 264 g/mol. The molecule has 94 valence electrons. The number of halogens is 2. The predicted octanol–water partition coefficient (Wildman–Crippen LogP) is 0.831. The molecule has 2 unspecified atom stereocenters. The van der Waals surface area contributed by atoms with E-state index >= 15 is 0 Å². The zero-order chi connectivity index (χ0) is 13.0. The monoisotopic (exact) mass is 263 g/mol. The summed E-state index contributed by atoms with van der Waals surface area (Å²) in [6.07, 6.45) is -2.44. The van der Waals surface area contributed by atoms with Crippen molar-refractivity contribution in [2.45, 2.75) is 18.6 Å². The van der Waals surface area contributed by atoms with Gasteiger partial charge in [-0.05, 0) is 6.07 Å². The van der Waals surface area contributed by atoms with Crippen molar-refractivity contribution in [3.8, 4) is 0 Å². The fourth-order valence-electron chi connectivity index (χ4n) is 1.19. The number of aromatic nitrogens is 1. The molecule has 0 fully saturated rings. The molecule has 0 aliphatic heterocycles. The van der Waals surface area contributed by atoms with Crippen LogP contribution in [0, 0.1) is 5.82 Å². The van der Waals surface area contributed by atoms with E-state index in [1.807, 2.05) is 0 Å². The van der Waals surface area contributed by atoms with Crippen LogP contribution >= 0.6 is 11.6 Å². The molecule has 1 rings (SSSR count). The minimum atomic E-state index is -1.62. The maximum absolute atomic E-state index is 13.3. The molecular weight excluding hydrogens is 253 g/mol.